The number of carboxylic acid groups (broad SMARTS) is 1. The number of anilines is 1. The second-order valence-electron chi connectivity index (χ2n) is 5.30. The van der Waals surface area contributed by atoms with Gasteiger partial charge in [0.05, 0.1) is 0 Å². The molecule has 2 N–H and O–H groups in total. The van der Waals surface area contributed by atoms with Gasteiger partial charge in [-0.15, -0.1) is 0 Å². The lowest BCUT2D eigenvalue weighted by molar-refractivity contribution is -0.136. The van der Waals surface area contributed by atoms with Crippen molar-refractivity contribution in [3.05, 3.63) is 46.8 Å². The molecule has 0 fully saturated rings. The third-order valence-corrected chi connectivity index (χ3v) is 4.03. The zero-order valence-corrected chi connectivity index (χ0v) is 15.1. The summed E-state index contributed by atoms with van der Waals surface area (Å²) in [5.41, 5.74) is 0.233. The number of ether oxygens (including phenoxy) is 1. The van der Waals surface area contributed by atoms with E-state index in [2.05, 4.69) is 25.9 Å². The van der Waals surface area contributed by atoms with E-state index in [1.165, 1.54) is 36.4 Å². The highest BCUT2D eigenvalue weighted by molar-refractivity contribution is 9.10. The highest BCUT2D eigenvalue weighted by atomic mass is 79.9. The van der Waals surface area contributed by atoms with Crippen LogP contribution in [-0.2, 0) is 9.59 Å². The summed E-state index contributed by atoms with van der Waals surface area (Å²) in [6.07, 6.45) is 0.258. The molecule has 0 saturated heterocycles. The number of hydrogen-bond donors (Lipinski definition) is 2. The van der Waals surface area contributed by atoms with Crippen molar-refractivity contribution >= 4 is 45.0 Å². The first-order chi connectivity index (χ1) is 12.9. The number of carbonyl (C=O) groups excluding carboxylic acids is 1. The monoisotopic (exact) mass is 435 g/mol. The summed E-state index contributed by atoms with van der Waals surface area (Å²) >= 11 is 3.19. The average Bonchev–Trinajstić information content (AvgIpc) is 2.64. The van der Waals surface area contributed by atoms with Crippen molar-refractivity contribution in [2.45, 2.75) is 0 Å². The second-order valence-corrected chi connectivity index (χ2v) is 6.05. The maximum atomic E-state index is 13.0. The number of hydrogen-bond acceptors (Lipinski definition) is 6. The van der Waals surface area contributed by atoms with Gasteiger partial charge in [0, 0.05) is 11.5 Å². The predicted octanol–water partition coefficient (Wildman–Crippen LogP) is 3.08. The Labute approximate surface area is 160 Å². The number of nitrogens with zero attached hydrogens (tertiary/aromatic N) is 3. The molecule has 3 aromatic rings. The lowest BCUT2D eigenvalue weighted by atomic mass is 10.2. The van der Waals surface area contributed by atoms with Gasteiger partial charge in [-0.2, -0.15) is 0 Å². The smallest absolute Gasteiger partial charge is 0.323 e. The highest BCUT2D eigenvalue weighted by Crippen LogP contribution is 2.37. The molecule has 1 aromatic carbocycles. The third kappa shape index (κ3) is 3.95. The van der Waals surface area contributed by atoms with Crippen LogP contribution >= 0.6 is 15.9 Å². The molecule has 138 valence electrons. The van der Waals surface area contributed by atoms with Crippen molar-refractivity contribution in [1.29, 1.82) is 0 Å². The zero-order valence-electron chi connectivity index (χ0n) is 13.5. The fourth-order valence-electron chi connectivity index (χ4n) is 2.30. The number of aromatic nitrogens is 2. The fraction of sp³-hybridized carbons (Fsp3) is 0.0588. The number of rotatable bonds is 6. The van der Waals surface area contributed by atoms with E-state index in [4.69, 9.17) is 9.84 Å². The fourth-order valence-corrected chi connectivity index (χ4v) is 2.77. The number of aliphatic carboxylic acids is 1. The average molecular weight is 436 g/mol. The van der Waals surface area contributed by atoms with E-state index in [0.29, 0.717) is 5.75 Å². The van der Waals surface area contributed by atoms with Gasteiger partial charge in [-0.1, -0.05) is 0 Å². The van der Waals surface area contributed by atoms with Crippen LogP contribution in [0.2, 0.25) is 0 Å². The maximum Gasteiger partial charge on any atom is 0.323 e. The molecule has 3 rings (SSSR count). The van der Waals surface area contributed by atoms with Crippen LogP contribution in [0.25, 0.3) is 10.9 Å². The first-order valence-corrected chi connectivity index (χ1v) is 8.24. The minimum Gasteiger partial charge on any atom is -0.504 e. The van der Waals surface area contributed by atoms with Crippen molar-refractivity contribution in [2.24, 2.45) is 0 Å². The van der Waals surface area contributed by atoms with Gasteiger partial charge < -0.3 is 14.9 Å². The molecule has 0 radical (unpaired) electrons. The number of benzene rings is 1. The minimum absolute atomic E-state index is 0.168. The molecule has 0 atom stereocenters. The SMILES string of the molecule is O=CN(CC(=O)O)c1nc(Br)c2nc(Oc3ccc(F)cc3)ccc2c1O. The summed E-state index contributed by atoms with van der Waals surface area (Å²) in [7, 11) is 0. The number of carboxylic acids is 1. The van der Waals surface area contributed by atoms with Gasteiger partial charge in [-0.05, 0) is 46.3 Å². The summed E-state index contributed by atoms with van der Waals surface area (Å²) in [5, 5.41) is 19.5. The van der Waals surface area contributed by atoms with Crippen molar-refractivity contribution in [3.8, 4) is 17.4 Å². The first-order valence-electron chi connectivity index (χ1n) is 7.45. The largest absolute Gasteiger partial charge is 0.504 e. The topological polar surface area (TPSA) is 113 Å². The molecule has 27 heavy (non-hydrogen) atoms. The standard InChI is InChI=1S/C17H11BrFN3O5/c18-16-14-11(15(26)17(21-16)22(8-23)7-13(24)25)5-6-12(20-14)27-10-3-1-9(19)2-4-10/h1-6,8,26H,7H2,(H,24,25). The molecule has 2 heterocycles. The van der Waals surface area contributed by atoms with Crippen LogP contribution in [-0.4, -0.2) is 39.1 Å². The Bertz CT molecular complexity index is 1030. The molecular weight excluding hydrogens is 425 g/mol. The van der Waals surface area contributed by atoms with E-state index >= 15 is 0 Å². The molecule has 0 aliphatic rings. The molecule has 0 saturated carbocycles. The van der Waals surface area contributed by atoms with Gasteiger partial charge in [0.2, 0.25) is 12.3 Å². The van der Waals surface area contributed by atoms with E-state index < -0.39 is 24.1 Å². The van der Waals surface area contributed by atoms with Crippen molar-refractivity contribution < 1.29 is 28.9 Å². The summed E-state index contributed by atoms with van der Waals surface area (Å²) in [6, 6.07) is 8.29. The molecule has 0 bridgehead atoms. The third-order valence-electron chi connectivity index (χ3n) is 3.48. The summed E-state index contributed by atoms with van der Waals surface area (Å²) < 4.78 is 18.7. The number of aromatic hydroxyl groups is 1. The van der Waals surface area contributed by atoms with Gasteiger partial charge in [0.15, 0.2) is 11.6 Å². The maximum absolute atomic E-state index is 13.0. The summed E-state index contributed by atoms with van der Waals surface area (Å²) in [5.74, 6) is -1.76. The van der Waals surface area contributed by atoms with Crippen molar-refractivity contribution in [2.75, 3.05) is 11.4 Å². The van der Waals surface area contributed by atoms with Gasteiger partial charge in [-0.3, -0.25) is 14.5 Å². The van der Waals surface area contributed by atoms with E-state index in [-0.39, 0.29) is 33.6 Å². The Morgan fingerprint density at radius 2 is 1.93 bits per heavy atom. The van der Waals surface area contributed by atoms with Crippen LogP contribution in [0.3, 0.4) is 0 Å². The molecule has 0 aliphatic heterocycles. The summed E-state index contributed by atoms with van der Waals surface area (Å²) in [6.45, 7) is -0.665. The Kier molecular flexibility index (Phi) is 5.17. The van der Waals surface area contributed by atoms with Crippen LogP contribution < -0.4 is 9.64 Å². The van der Waals surface area contributed by atoms with Gasteiger partial charge >= 0.3 is 5.97 Å². The van der Waals surface area contributed by atoms with Crippen molar-refractivity contribution in [1.82, 2.24) is 9.97 Å². The zero-order chi connectivity index (χ0) is 19.6. The quantitative estimate of drug-likeness (QED) is 0.451. The predicted molar refractivity (Wildman–Crippen MR) is 96.4 cm³/mol. The summed E-state index contributed by atoms with van der Waals surface area (Å²) in [4.78, 5) is 31.0. The van der Waals surface area contributed by atoms with E-state index in [1.54, 1.807) is 0 Å². The first kappa shape index (κ1) is 18.5. The molecule has 10 heteroatoms. The minimum atomic E-state index is -1.26. The van der Waals surface area contributed by atoms with Gasteiger partial charge in [0.25, 0.3) is 0 Å². The van der Waals surface area contributed by atoms with E-state index in [9.17, 15) is 19.1 Å². The highest BCUT2D eigenvalue weighted by Gasteiger charge is 2.20. The van der Waals surface area contributed by atoms with Crippen LogP contribution in [0, 0.1) is 5.82 Å². The van der Waals surface area contributed by atoms with Crippen molar-refractivity contribution in [3.63, 3.8) is 0 Å². The molecule has 1 amide bonds. The molecular formula is C17H11BrFN3O5. The van der Waals surface area contributed by atoms with Crippen LogP contribution in [0.5, 0.6) is 17.4 Å². The molecule has 2 aromatic heterocycles. The lowest BCUT2D eigenvalue weighted by Crippen LogP contribution is -2.29. The normalized spacial score (nSPS) is 10.6. The number of fused-ring (bicyclic) bond motifs is 1. The number of amides is 1. The van der Waals surface area contributed by atoms with Crippen LogP contribution in [0.15, 0.2) is 41.0 Å². The molecule has 8 nitrogen and oxygen atoms in total. The van der Waals surface area contributed by atoms with Crippen LogP contribution in [0.1, 0.15) is 0 Å². The number of halogens is 2. The number of carbonyl (C=O) groups is 2. The Balaban J connectivity index is 2.01. The van der Waals surface area contributed by atoms with E-state index in [1.807, 2.05) is 0 Å². The number of pyridine rings is 2. The lowest BCUT2D eigenvalue weighted by Gasteiger charge is -2.17. The molecule has 0 aliphatic carbocycles. The Morgan fingerprint density at radius 1 is 1.22 bits per heavy atom. The second kappa shape index (κ2) is 7.54. The molecule has 0 spiro atoms. The van der Waals surface area contributed by atoms with Crippen LogP contribution in [0.4, 0.5) is 10.2 Å². The Morgan fingerprint density at radius 3 is 2.56 bits per heavy atom. The Hall–Kier alpha value is -3.27. The van der Waals surface area contributed by atoms with E-state index in [0.717, 1.165) is 4.90 Å². The van der Waals surface area contributed by atoms with Gasteiger partial charge in [0.1, 0.15) is 28.2 Å². The van der Waals surface area contributed by atoms with Gasteiger partial charge in [-0.25, -0.2) is 14.4 Å². The molecule has 0 unspecified atom stereocenters.